The second-order valence-electron chi connectivity index (χ2n) is 30.2. The zero-order chi connectivity index (χ0) is 75.8. The zero-order valence-electron chi connectivity index (χ0n) is 62.0. The highest BCUT2D eigenvalue weighted by molar-refractivity contribution is 7.26. The number of furan rings is 2. The lowest BCUT2D eigenvalue weighted by atomic mass is 9.94. The van der Waals surface area contributed by atoms with E-state index < -0.39 is 0 Å². The fourth-order valence-corrected chi connectivity index (χ4v) is 20.7. The average molecular weight is 1510 g/mol. The van der Waals surface area contributed by atoms with Gasteiger partial charge in [0.2, 0.25) is 11.9 Å². The minimum atomic E-state index is 0.622. The van der Waals surface area contributed by atoms with Crippen LogP contribution in [0.3, 0.4) is 0 Å². The van der Waals surface area contributed by atoms with E-state index >= 15 is 0 Å². The van der Waals surface area contributed by atoms with Gasteiger partial charge in [0.1, 0.15) is 22.3 Å². The van der Waals surface area contributed by atoms with Crippen molar-refractivity contribution >= 4 is 205 Å². The Bertz CT molecular complexity index is 8680. The van der Waals surface area contributed by atoms with Crippen LogP contribution < -0.4 is 0 Å². The molecule has 0 aliphatic rings. The van der Waals surface area contributed by atoms with E-state index in [1.165, 1.54) is 100 Å². The van der Waals surface area contributed by atoms with Gasteiger partial charge in [-0.25, -0.2) is 19.9 Å². The van der Waals surface area contributed by atoms with E-state index in [2.05, 4.69) is 355 Å². The maximum atomic E-state index is 7.09. The van der Waals surface area contributed by atoms with Crippen LogP contribution in [-0.2, 0) is 0 Å². The van der Waals surface area contributed by atoms with Crippen LogP contribution in [-0.4, -0.2) is 29.1 Å². The third-order valence-corrected chi connectivity index (χ3v) is 26.1. The Labute approximate surface area is 669 Å². The van der Waals surface area contributed by atoms with Crippen molar-refractivity contribution in [2.24, 2.45) is 0 Å². The van der Waals surface area contributed by atoms with E-state index in [-0.39, 0.29) is 0 Å². The number of rotatable bonds is 7. The number of fused-ring (bicyclic) bond motifs is 27. The van der Waals surface area contributed by atoms with Crippen molar-refractivity contribution in [3.05, 3.63) is 364 Å². The van der Waals surface area contributed by atoms with Crippen molar-refractivity contribution in [3.63, 3.8) is 0 Å². The summed E-state index contributed by atoms with van der Waals surface area (Å²) in [4.78, 5) is 21.2. The molecule has 0 unspecified atom stereocenters. The molecule has 0 fully saturated rings. The van der Waals surface area contributed by atoms with Gasteiger partial charge in [0, 0.05) is 94.6 Å². The first-order valence-corrected chi connectivity index (χ1v) is 40.8. The number of aromatic nitrogens is 6. The molecule has 0 amide bonds. The maximum absolute atomic E-state index is 7.09. The highest BCUT2D eigenvalue weighted by Crippen LogP contribution is 2.50. The summed E-state index contributed by atoms with van der Waals surface area (Å²) in [5, 5.41) is 23.1. The maximum Gasteiger partial charge on any atom is 0.235 e. The molecule has 8 heterocycles. The van der Waals surface area contributed by atoms with Crippen LogP contribution in [0, 0.1) is 0 Å². The molecule has 18 aromatic carbocycles. The van der Waals surface area contributed by atoms with Crippen LogP contribution in [0.2, 0.25) is 0 Å². The summed E-state index contributed by atoms with van der Waals surface area (Å²) in [5.41, 5.74) is 20.3. The summed E-state index contributed by atoms with van der Waals surface area (Å²) >= 11 is 3.69. The van der Waals surface area contributed by atoms with Gasteiger partial charge in [0.05, 0.1) is 55.3 Å². The molecule has 0 bridgehead atoms. The monoisotopic (exact) mass is 1510 g/mol. The van der Waals surface area contributed by atoms with Crippen molar-refractivity contribution in [1.29, 1.82) is 0 Å². The van der Waals surface area contributed by atoms with E-state index in [9.17, 15) is 0 Å². The molecule has 10 heteroatoms. The third kappa shape index (κ3) is 9.84. The molecule has 538 valence electrons. The van der Waals surface area contributed by atoms with E-state index in [0.29, 0.717) is 11.9 Å². The van der Waals surface area contributed by atoms with Crippen molar-refractivity contribution < 1.29 is 8.83 Å². The van der Waals surface area contributed by atoms with Crippen LogP contribution in [0.25, 0.3) is 250 Å². The highest BCUT2D eigenvalue weighted by Gasteiger charge is 2.27. The summed E-state index contributed by atoms with van der Waals surface area (Å²) in [5.74, 6) is 1.25. The first-order chi connectivity index (χ1) is 57.5. The number of benzene rings is 18. The van der Waals surface area contributed by atoms with E-state index in [0.717, 1.165) is 137 Å². The molecule has 0 N–H and O–H groups in total. The average Bonchev–Trinajstić information content (AvgIpc) is 1.55. The van der Waals surface area contributed by atoms with Crippen LogP contribution in [0.15, 0.2) is 373 Å². The van der Waals surface area contributed by atoms with Crippen molar-refractivity contribution in [3.8, 4) is 67.8 Å². The predicted octanol–water partition coefficient (Wildman–Crippen LogP) is 29.8. The predicted molar refractivity (Wildman–Crippen MR) is 488 cm³/mol. The summed E-state index contributed by atoms with van der Waals surface area (Å²) in [7, 11) is 0. The minimum absolute atomic E-state index is 0.622. The topological polar surface area (TPSA) is 87.7 Å². The zero-order valence-corrected chi connectivity index (χ0v) is 63.6. The van der Waals surface area contributed by atoms with Gasteiger partial charge in [-0.1, -0.05) is 261 Å². The lowest BCUT2D eigenvalue weighted by molar-refractivity contribution is 0.673. The van der Waals surface area contributed by atoms with Crippen molar-refractivity contribution in [2.75, 3.05) is 0 Å². The Morgan fingerprint density at radius 2 is 0.603 bits per heavy atom. The molecule has 116 heavy (non-hydrogen) atoms. The fourth-order valence-electron chi connectivity index (χ4n) is 18.6. The van der Waals surface area contributed by atoms with E-state index in [1.807, 2.05) is 40.9 Å². The normalized spacial score (nSPS) is 12.1. The second-order valence-corrected chi connectivity index (χ2v) is 32.3. The van der Waals surface area contributed by atoms with Gasteiger partial charge >= 0.3 is 0 Å². The Morgan fingerprint density at radius 1 is 0.216 bits per heavy atom. The summed E-state index contributed by atoms with van der Waals surface area (Å²) in [6.45, 7) is 0. The van der Waals surface area contributed by atoms with Gasteiger partial charge in [-0.2, -0.15) is 0 Å². The molecule has 8 nitrogen and oxygen atoms in total. The minimum Gasteiger partial charge on any atom is -0.455 e. The highest BCUT2D eigenvalue weighted by atomic mass is 32.1. The van der Waals surface area contributed by atoms with E-state index in [1.54, 1.807) is 0 Å². The van der Waals surface area contributed by atoms with Crippen molar-refractivity contribution in [1.82, 2.24) is 29.1 Å². The molecule has 0 atom stereocenters. The summed E-state index contributed by atoms with van der Waals surface area (Å²) in [6.07, 6.45) is 0. The lowest BCUT2D eigenvalue weighted by Crippen LogP contribution is -2.03. The number of hydrogen-bond donors (Lipinski definition) is 0. The third-order valence-electron chi connectivity index (χ3n) is 23.8. The fraction of sp³-hybridized carbons (Fsp3) is 0. The Balaban J connectivity index is 0.000000130. The van der Waals surface area contributed by atoms with Gasteiger partial charge in [-0.15, -0.1) is 22.7 Å². The molecular formula is C106H60N6O2S2. The number of hydrogen-bond acceptors (Lipinski definition) is 8. The molecule has 0 saturated carbocycles. The Hall–Kier alpha value is -14.9. The lowest BCUT2D eigenvalue weighted by Gasteiger charge is -2.12. The molecule has 26 aromatic rings. The first kappa shape index (κ1) is 64.7. The molecule has 0 spiro atoms. The van der Waals surface area contributed by atoms with Gasteiger partial charge in [0.15, 0.2) is 0 Å². The summed E-state index contributed by atoms with van der Waals surface area (Å²) < 4.78 is 23.8. The molecule has 26 rings (SSSR count). The van der Waals surface area contributed by atoms with Gasteiger partial charge in [-0.3, -0.25) is 9.13 Å². The number of para-hydroxylation sites is 4. The molecule has 0 aliphatic heterocycles. The smallest absolute Gasteiger partial charge is 0.235 e. The number of nitrogens with zero attached hydrogens (tertiary/aromatic N) is 6. The molecular weight excluding hydrogens is 1450 g/mol. The first-order valence-electron chi connectivity index (χ1n) is 39.1. The second kappa shape index (κ2) is 25.3. The largest absolute Gasteiger partial charge is 0.455 e. The number of thiophene rings is 2. The molecule has 0 radical (unpaired) electrons. The van der Waals surface area contributed by atoms with E-state index in [4.69, 9.17) is 28.8 Å². The summed E-state index contributed by atoms with van der Waals surface area (Å²) in [6, 6.07) is 130. The standard InChI is InChI=1S/C54H31N3OS.C52H29N3OS/c1-2-12-32(13-3-1)33-22-24-34(25-23-33)52-39-17-6-9-19-44(39)55-54(56-52)57-45-20-10-7-18-40(45)51-46(57)28-27-41-50-38-16-5-4-14-36(38)42(31-47(50)58-53(41)51)35-26-29-49-43(30-35)37-15-8-11-21-48(37)59-49;1-2-12-31-27-33(22-21-30(31)11-1)50-37-16-5-8-18-42(37)53-52(54-50)55-43-19-9-6-17-38(43)49-44(55)25-24-39-48-36-15-4-3-13-34(36)40(29-45(48)56-51(39)49)32-23-26-47-41(28-32)35-14-7-10-20-46(35)57-47/h1-31H;1-29H. The Kier molecular flexibility index (Phi) is 14.1. The quantitative estimate of drug-likeness (QED) is 0.158. The Morgan fingerprint density at radius 3 is 1.13 bits per heavy atom. The van der Waals surface area contributed by atoms with Crippen LogP contribution in [0.5, 0.6) is 0 Å². The molecule has 0 aliphatic carbocycles. The SMILES string of the molecule is c1ccc(-c2ccc(-c3nc(-n4c5ccccc5c5c6oc7cc(-c8ccc9sc%10ccccc%10c9c8)c8ccccc8c7c6ccc54)nc4ccccc34)cc2)cc1.c1ccc2cc(-c3nc(-n4c5ccccc5c5c6oc7cc(-c8ccc9sc%10ccccc%10c9c8)c8ccccc8c7c6ccc54)nc4ccccc34)ccc2c1. The molecule has 8 aromatic heterocycles. The van der Waals surface area contributed by atoms with Gasteiger partial charge in [-0.05, 0) is 169 Å². The van der Waals surface area contributed by atoms with Crippen LogP contribution >= 0.6 is 22.7 Å². The van der Waals surface area contributed by atoms with Crippen LogP contribution in [0.1, 0.15) is 0 Å². The molecule has 0 saturated heterocycles. The van der Waals surface area contributed by atoms with Crippen molar-refractivity contribution in [2.45, 2.75) is 0 Å². The van der Waals surface area contributed by atoms with Gasteiger partial charge in [0.25, 0.3) is 0 Å². The van der Waals surface area contributed by atoms with Gasteiger partial charge < -0.3 is 8.83 Å². The van der Waals surface area contributed by atoms with Crippen LogP contribution in [0.4, 0.5) is 0 Å².